The molecule has 1 amide bonds. The number of hydrogen-bond donors (Lipinski definition) is 1. The van der Waals surface area contributed by atoms with Crippen LogP contribution in [-0.2, 0) is 9.53 Å². The Morgan fingerprint density at radius 1 is 1.40 bits per heavy atom. The van der Waals surface area contributed by atoms with E-state index in [-0.39, 0.29) is 12.0 Å². The Morgan fingerprint density at radius 3 is 2.93 bits per heavy atom. The van der Waals surface area contributed by atoms with Crippen LogP contribution in [-0.4, -0.2) is 42.6 Å². The van der Waals surface area contributed by atoms with E-state index >= 15 is 0 Å². The van der Waals surface area contributed by atoms with Gasteiger partial charge in [0.1, 0.15) is 6.10 Å². The molecule has 4 nitrogen and oxygen atoms in total. The second kappa shape index (κ2) is 4.94. The summed E-state index contributed by atoms with van der Waals surface area (Å²) in [6.07, 6.45) is 4.90. The second-order valence-electron chi connectivity index (χ2n) is 4.41. The predicted octanol–water partition coefficient (Wildman–Crippen LogP) is 0.505. The zero-order valence-electron chi connectivity index (χ0n) is 9.15. The lowest BCUT2D eigenvalue weighted by atomic mass is 10.1. The van der Waals surface area contributed by atoms with Gasteiger partial charge in [-0.2, -0.15) is 0 Å². The summed E-state index contributed by atoms with van der Waals surface area (Å²) in [7, 11) is 0. The standard InChI is InChI=1S/C11H20N2O2/c12-6-5-9-3-1-7-13(9)11(14)10-4-2-8-15-10/h9-10H,1-8,12H2. The molecule has 0 aromatic rings. The molecule has 2 atom stereocenters. The quantitative estimate of drug-likeness (QED) is 0.741. The molecule has 2 unspecified atom stereocenters. The zero-order chi connectivity index (χ0) is 10.7. The van der Waals surface area contributed by atoms with Gasteiger partial charge in [-0.05, 0) is 38.6 Å². The van der Waals surface area contributed by atoms with Crippen molar-refractivity contribution in [2.24, 2.45) is 5.73 Å². The van der Waals surface area contributed by atoms with E-state index in [1.165, 1.54) is 0 Å². The molecule has 2 aliphatic heterocycles. The van der Waals surface area contributed by atoms with E-state index in [4.69, 9.17) is 10.5 Å². The second-order valence-corrected chi connectivity index (χ2v) is 4.41. The van der Waals surface area contributed by atoms with Crippen molar-refractivity contribution in [3.63, 3.8) is 0 Å². The molecule has 0 bridgehead atoms. The van der Waals surface area contributed by atoms with Crippen LogP contribution in [0.25, 0.3) is 0 Å². The molecule has 2 fully saturated rings. The van der Waals surface area contributed by atoms with E-state index in [2.05, 4.69) is 0 Å². The number of nitrogens with two attached hydrogens (primary N) is 1. The van der Waals surface area contributed by atoms with Crippen molar-refractivity contribution in [2.45, 2.75) is 44.2 Å². The van der Waals surface area contributed by atoms with E-state index < -0.39 is 0 Å². The molecular weight excluding hydrogens is 192 g/mol. The predicted molar refractivity (Wildman–Crippen MR) is 57.4 cm³/mol. The van der Waals surface area contributed by atoms with E-state index in [1.54, 1.807) is 0 Å². The SMILES string of the molecule is NCCC1CCCN1C(=O)C1CCCO1. The van der Waals surface area contributed by atoms with Gasteiger partial charge in [-0.3, -0.25) is 4.79 Å². The Kier molecular flexibility index (Phi) is 3.59. The lowest BCUT2D eigenvalue weighted by Crippen LogP contribution is -2.42. The molecule has 0 aromatic heterocycles. The van der Waals surface area contributed by atoms with E-state index in [1.807, 2.05) is 4.90 Å². The normalized spacial score (nSPS) is 31.1. The zero-order valence-corrected chi connectivity index (χ0v) is 9.15. The number of carbonyl (C=O) groups is 1. The third-order valence-electron chi connectivity index (χ3n) is 3.37. The lowest BCUT2D eigenvalue weighted by molar-refractivity contribution is -0.141. The minimum absolute atomic E-state index is 0.164. The Morgan fingerprint density at radius 2 is 2.27 bits per heavy atom. The summed E-state index contributed by atoms with van der Waals surface area (Å²) in [5, 5.41) is 0. The largest absolute Gasteiger partial charge is 0.368 e. The number of ether oxygens (including phenoxy) is 1. The third-order valence-corrected chi connectivity index (χ3v) is 3.37. The average molecular weight is 212 g/mol. The summed E-state index contributed by atoms with van der Waals surface area (Å²) < 4.78 is 5.43. The van der Waals surface area contributed by atoms with Crippen molar-refractivity contribution in [2.75, 3.05) is 19.7 Å². The van der Waals surface area contributed by atoms with Crippen molar-refractivity contribution in [3.8, 4) is 0 Å². The maximum atomic E-state index is 12.1. The first kappa shape index (κ1) is 10.9. The van der Waals surface area contributed by atoms with E-state index in [0.717, 1.165) is 45.3 Å². The number of hydrogen-bond acceptors (Lipinski definition) is 3. The van der Waals surface area contributed by atoms with E-state index in [9.17, 15) is 4.79 Å². The number of rotatable bonds is 3. The minimum atomic E-state index is -0.164. The van der Waals surface area contributed by atoms with Gasteiger partial charge in [0, 0.05) is 19.2 Å². The van der Waals surface area contributed by atoms with Crippen LogP contribution in [0.4, 0.5) is 0 Å². The van der Waals surface area contributed by atoms with Crippen molar-refractivity contribution >= 4 is 5.91 Å². The Balaban J connectivity index is 1.92. The Labute approximate surface area is 90.8 Å². The van der Waals surface area contributed by atoms with Gasteiger partial charge in [-0.15, -0.1) is 0 Å². The monoisotopic (exact) mass is 212 g/mol. The van der Waals surface area contributed by atoms with Crippen LogP contribution in [0.3, 0.4) is 0 Å². The molecule has 0 spiro atoms. The minimum Gasteiger partial charge on any atom is -0.368 e. The van der Waals surface area contributed by atoms with Crippen LogP contribution in [0, 0.1) is 0 Å². The van der Waals surface area contributed by atoms with Crippen LogP contribution in [0.5, 0.6) is 0 Å². The van der Waals surface area contributed by atoms with Gasteiger partial charge < -0.3 is 15.4 Å². The topological polar surface area (TPSA) is 55.6 Å². The lowest BCUT2D eigenvalue weighted by Gasteiger charge is -2.26. The smallest absolute Gasteiger partial charge is 0.251 e. The van der Waals surface area contributed by atoms with Gasteiger partial charge in [0.05, 0.1) is 0 Å². The third kappa shape index (κ3) is 2.32. The summed E-state index contributed by atoms with van der Waals surface area (Å²) in [6, 6.07) is 0.367. The molecule has 0 aliphatic carbocycles. The van der Waals surface area contributed by atoms with Gasteiger partial charge in [-0.1, -0.05) is 0 Å². The first-order chi connectivity index (χ1) is 7.33. The molecule has 4 heteroatoms. The first-order valence-electron chi connectivity index (χ1n) is 5.95. The summed E-state index contributed by atoms with van der Waals surface area (Å²) >= 11 is 0. The maximum absolute atomic E-state index is 12.1. The van der Waals surface area contributed by atoms with E-state index in [0.29, 0.717) is 12.6 Å². The van der Waals surface area contributed by atoms with Crippen molar-refractivity contribution in [1.82, 2.24) is 4.90 Å². The van der Waals surface area contributed by atoms with Gasteiger partial charge in [0.2, 0.25) is 0 Å². The number of nitrogens with zero attached hydrogens (tertiary/aromatic N) is 1. The van der Waals surface area contributed by atoms with Gasteiger partial charge in [-0.25, -0.2) is 0 Å². The summed E-state index contributed by atoms with van der Waals surface area (Å²) in [4.78, 5) is 14.1. The summed E-state index contributed by atoms with van der Waals surface area (Å²) in [6.45, 7) is 2.30. The van der Waals surface area contributed by atoms with Gasteiger partial charge in [0.25, 0.3) is 5.91 Å². The van der Waals surface area contributed by atoms with Crippen LogP contribution in [0.2, 0.25) is 0 Å². The van der Waals surface area contributed by atoms with Gasteiger partial charge >= 0.3 is 0 Å². The fourth-order valence-electron chi connectivity index (χ4n) is 2.58. The van der Waals surface area contributed by atoms with Gasteiger partial charge in [0.15, 0.2) is 0 Å². The molecule has 2 saturated heterocycles. The molecule has 2 aliphatic rings. The molecule has 0 radical (unpaired) electrons. The van der Waals surface area contributed by atoms with Crippen LogP contribution in [0.1, 0.15) is 32.1 Å². The molecule has 86 valence electrons. The fourth-order valence-corrected chi connectivity index (χ4v) is 2.58. The molecule has 2 rings (SSSR count). The molecule has 2 N–H and O–H groups in total. The van der Waals surface area contributed by atoms with Crippen molar-refractivity contribution < 1.29 is 9.53 Å². The number of carbonyl (C=O) groups excluding carboxylic acids is 1. The molecule has 2 heterocycles. The number of likely N-dealkylation sites (tertiary alicyclic amines) is 1. The average Bonchev–Trinajstić information content (AvgIpc) is 2.87. The molecule has 0 saturated carbocycles. The highest BCUT2D eigenvalue weighted by Gasteiger charge is 2.34. The molecule has 0 aromatic carbocycles. The Hall–Kier alpha value is -0.610. The number of amides is 1. The van der Waals surface area contributed by atoms with Crippen LogP contribution in [0.15, 0.2) is 0 Å². The highest BCUT2D eigenvalue weighted by atomic mass is 16.5. The Bertz CT molecular complexity index is 227. The first-order valence-corrected chi connectivity index (χ1v) is 5.95. The van der Waals surface area contributed by atoms with Crippen LogP contribution >= 0.6 is 0 Å². The fraction of sp³-hybridized carbons (Fsp3) is 0.909. The van der Waals surface area contributed by atoms with Crippen molar-refractivity contribution in [3.05, 3.63) is 0 Å². The summed E-state index contributed by atoms with van der Waals surface area (Å²) in [5.41, 5.74) is 5.55. The van der Waals surface area contributed by atoms with Crippen LogP contribution < -0.4 is 5.73 Å². The molecule has 15 heavy (non-hydrogen) atoms. The van der Waals surface area contributed by atoms with Crippen molar-refractivity contribution in [1.29, 1.82) is 0 Å². The summed E-state index contributed by atoms with van der Waals surface area (Å²) in [5.74, 6) is 0.198. The molecular formula is C11H20N2O2. The highest BCUT2D eigenvalue weighted by molar-refractivity contribution is 5.81. The highest BCUT2D eigenvalue weighted by Crippen LogP contribution is 2.23. The maximum Gasteiger partial charge on any atom is 0.251 e.